The number of sulfonamides is 1. The van der Waals surface area contributed by atoms with Gasteiger partial charge in [-0.2, -0.15) is 0 Å². The standard InChI is InChI=1S/C11H19ClN2O3S/c1-8(7-12)5-4-6-13-18(15,16)11-9(2)14-17-10(11)3/h8,13H,4-7H2,1-3H3. The molecule has 0 saturated heterocycles. The molecule has 0 spiro atoms. The second-order valence-corrected chi connectivity index (χ2v) is 6.47. The molecule has 0 aliphatic rings. The van der Waals surface area contributed by atoms with Gasteiger partial charge in [0, 0.05) is 12.4 Å². The molecule has 0 aliphatic carbocycles. The van der Waals surface area contributed by atoms with Gasteiger partial charge in [-0.05, 0) is 32.6 Å². The van der Waals surface area contributed by atoms with E-state index in [1.807, 2.05) is 6.92 Å². The normalized spacial score (nSPS) is 13.8. The van der Waals surface area contributed by atoms with E-state index in [0.29, 0.717) is 29.8 Å². The van der Waals surface area contributed by atoms with Crippen LogP contribution in [0, 0.1) is 19.8 Å². The molecule has 0 fully saturated rings. The summed E-state index contributed by atoms with van der Waals surface area (Å²) < 4.78 is 31.4. The molecule has 1 heterocycles. The molecule has 0 saturated carbocycles. The molecule has 1 aromatic rings. The Morgan fingerprint density at radius 3 is 2.61 bits per heavy atom. The van der Waals surface area contributed by atoms with Crippen LogP contribution in [0.3, 0.4) is 0 Å². The molecule has 1 unspecified atom stereocenters. The maximum Gasteiger partial charge on any atom is 0.245 e. The maximum atomic E-state index is 12.0. The third kappa shape index (κ3) is 3.96. The van der Waals surface area contributed by atoms with Crippen LogP contribution in [0.15, 0.2) is 9.42 Å². The lowest BCUT2D eigenvalue weighted by Gasteiger charge is -2.08. The molecule has 1 N–H and O–H groups in total. The summed E-state index contributed by atoms with van der Waals surface area (Å²) in [6.45, 7) is 5.63. The van der Waals surface area contributed by atoms with Crippen LogP contribution in [0.25, 0.3) is 0 Å². The van der Waals surface area contributed by atoms with Gasteiger partial charge in [-0.3, -0.25) is 0 Å². The first-order valence-corrected chi connectivity index (χ1v) is 7.88. The van der Waals surface area contributed by atoms with Crippen molar-refractivity contribution in [2.45, 2.75) is 38.5 Å². The fourth-order valence-electron chi connectivity index (χ4n) is 1.66. The number of aryl methyl sites for hydroxylation is 2. The zero-order valence-corrected chi connectivity index (χ0v) is 12.4. The Balaban J connectivity index is 2.56. The SMILES string of the molecule is Cc1noc(C)c1S(=O)(=O)NCCCC(C)CCl. The fourth-order valence-corrected chi connectivity index (χ4v) is 3.22. The number of hydrogen-bond donors (Lipinski definition) is 1. The van der Waals surface area contributed by atoms with Crippen LogP contribution < -0.4 is 4.72 Å². The maximum absolute atomic E-state index is 12.0. The average Bonchev–Trinajstić information content (AvgIpc) is 2.64. The third-order valence-corrected chi connectivity index (χ3v) is 4.90. The van der Waals surface area contributed by atoms with Crippen LogP contribution in [0.4, 0.5) is 0 Å². The summed E-state index contributed by atoms with van der Waals surface area (Å²) in [5.41, 5.74) is 0.383. The van der Waals surface area contributed by atoms with E-state index in [0.717, 1.165) is 12.8 Å². The first-order valence-electron chi connectivity index (χ1n) is 5.87. The summed E-state index contributed by atoms with van der Waals surface area (Å²) in [6, 6.07) is 0. The van der Waals surface area contributed by atoms with Crippen LogP contribution in [-0.2, 0) is 10.0 Å². The first-order chi connectivity index (χ1) is 8.38. The van der Waals surface area contributed by atoms with Gasteiger partial charge in [-0.25, -0.2) is 13.1 Å². The summed E-state index contributed by atoms with van der Waals surface area (Å²) in [4.78, 5) is 0.146. The first kappa shape index (κ1) is 15.5. The molecule has 1 aromatic heterocycles. The van der Waals surface area contributed by atoms with Gasteiger partial charge in [0.1, 0.15) is 10.6 Å². The second kappa shape index (κ2) is 6.54. The second-order valence-electron chi connectivity index (χ2n) is 4.45. The minimum Gasteiger partial charge on any atom is -0.360 e. The molecule has 18 heavy (non-hydrogen) atoms. The highest BCUT2D eigenvalue weighted by molar-refractivity contribution is 7.89. The van der Waals surface area contributed by atoms with E-state index in [1.54, 1.807) is 13.8 Å². The van der Waals surface area contributed by atoms with Gasteiger partial charge in [-0.15, -0.1) is 11.6 Å². The molecule has 1 atom stereocenters. The molecule has 104 valence electrons. The zero-order chi connectivity index (χ0) is 13.8. The number of nitrogens with zero attached hydrogens (tertiary/aromatic N) is 1. The number of halogens is 1. The van der Waals surface area contributed by atoms with Gasteiger partial charge in [0.15, 0.2) is 5.76 Å². The van der Waals surface area contributed by atoms with Crippen molar-refractivity contribution in [3.63, 3.8) is 0 Å². The lowest BCUT2D eigenvalue weighted by atomic mass is 10.1. The Kier molecular flexibility index (Phi) is 5.62. The lowest BCUT2D eigenvalue weighted by Crippen LogP contribution is -2.26. The van der Waals surface area contributed by atoms with Gasteiger partial charge in [-0.1, -0.05) is 12.1 Å². The number of hydrogen-bond acceptors (Lipinski definition) is 4. The Hall–Kier alpha value is -0.590. The van der Waals surface area contributed by atoms with Crippen molar-refractivity contribution in [1.82, 2.24) is 9.88 Å². The van der Waals surface area contributed by atoms with Crippen LogP contribution in [-0.4, -0.2) is 26.0 Å². The van der Waals surface area contributed by atoms with Gasteiger partial charge in [0.25, 0.3) is 0 Å². The van der Waals surface area contributed by atoms with E-state index in [1.165, 1.54) is 0 Å². The summed E-state index contributed by atoms with van der Waals surface area (Å²) in [5.74, 6) is 1.31. The summed E-state index contributed by atoms with van der Waals surface area (Å²) >= 11 is 5.68. The molecule has 5 nitrogen and oxygen atoms in total. The van der Waals surface area contributed by atoms with Crippen molar-refractivity contribution in [3.05, 3.63) is 11.5 Å². The van der Waals surface area contributed by atoms with Crippen LogP contribution in [0.2, 0.25) is 0 Å². The fraction of sp³-hybridized carbons (Fsp3) is 0.727. The van der Waals surface area contributed by atoms with Crippen molar-refractivity contribution in [3.8, 4) is 0 Å². The molecular formula is C11H19ClN2O3S. The third-order valence-electron chi connectivity index (χ3n) is 2.67. The van der Waals surface area contributed by atoms with Gasteiger partial charge in [0.05, 0.1) is 0 Å². The topological polar surface area (TPSA) is 72.2 Å². The van der Waals surface area contributed by atoms with Gasteiger partial charge in [0.2, 0.25) is 10.0 Å². The highest BCUT2D eigenvalue weighted by Crippen LogP contribution is 2.18. The molecular weight excluding hydrogens is 276 g/mol. The van der Waals surface area contributed by atoms with Crippen molar-refractivity contribution in [2.75, 3.05) is 12.4 Å². The Morgan fingerprint density at radius 2 is 2.11 bits per heavy atom. The minimum absolute atomic E-state index is 0.146. The monoisotopic (exact) mass is 294 g/mol. The molecule has 0 aliphatic heterocycles. The van der Waals surface area contributed by atoms with Crippen LogP contribution in [0.5, 0.6) is 0 Å². The summed E-state index contributed by atoms with van der Waals surface area (Å²) in [7, 11) is -3.52. The number of aromatic nitrogens is 1. The van der Waals surface area contributed by atoms with E-state index in [2.05, 4.69) is 9.88 Å². The van der Waals surface area contributed by atoms with Crippen LogP contribution in [0.1, 0.15) is 31.2 Å². The Morgan fingerprint density at radius 1 is 1.44 bits per heavy atom. The van der Waals surface area contributed by atoms with E-state index < -0.39 is 10.0 Å². The smallest absolute Gasteiger partial charge is 0.245 e. The Bertz CT molecular complexity index is 465. The van der Waals surface area contributed by atoms with Crippen molar-refractivity contribution >= 4 is 21.6 Å². The number of alkyl halides is 1. The largest absolute Gasteiger partial charge is 0.360 e. The van der Waals surface area contributed by atoms with E-state index in [-0.39, 0.29) is 4.90 Å². The highest BCUT2D eigenvalue weighted by atomic mass is 35.5. The van der Waals surface area contributed by atoms with Crippen molar-refractivity contribution < 1.29 is 12.9 Å². The Labute approximate surface area is 113 Å². The molecule has 0 amide bonds. The van der Waals surface area contributed by atoms with E-state index >= 15 is 0 Å². The summed E-state index contributed by atoms with van der Waals surface area (Å²) in [6.07, 6.45) is 1.66. The predicted molar refractivity (Wildman–Crippen MR) is 70.3 cm³/mol. The molecule has 0 bridgehead atoms. The molecule has 0 aromatic carbocycles. The molecule has 7 heteroatoms. The minimum atomic E-state index is -3.52. The number of nitrogens with one attached hydrogen (secondary N) is 1. The van der Waals surface area contributed by atoms with E-state index in [4.69, 9.17) is 16.1 Å². The molecule has 1 rings (SSSR count). The highest BCUT2D eigenvalue weighted by Gasteiger charge is 2.23. The predicted octanol–water partition coefficient (Wildman–Crippen LogP) is 2.22. The van der Waals surface area contributed by atoms with Crippen molar-refractivity contribution in [1.29, 1.82) is 0 Å². The summed E-state index contributed by atoms with van der Waals surface area (Å²) in [5, 5.41) is 3.64. The molecule has 0 radical (unpaired) electrons. The van der Waals surface area contributed by atoms with Gasteiger partial charge < -0.3 is 4.52 Å². The average molecular weight is 295 g/mol. The van der Waals surface area contributed by atoms with Crippen LogP contribution >= 0.6 is 11.6 Å². The van der Waals surface area contributed by atoms with Crippen molar-refractivity contribution in [2.24, 2.45) is 5.92 Å². The van der Waals surface area contributed by atoms with Gasteiger partial charge >= 0.3 is 0 Å². The number of rotatable bonds is 7. The lowest BCUT2D eigenvalue weighted by molar-refractivity contribution is 0.390. The zero-order valence-electron chi connectivity index (χ0n) is 10.9. The van der Waals surface area contributed by atoms with E-state index in [9.17, 15) is 8.42 Å². The quantitative estimate of drug-likeness (QED) is 0.618.